The van der Waals surface area contributed by atoms with Gasteiger partial charge < -0.3 is 5.73 Å². The van der Waals surface area contributed by atoms with E-state index in [0.29, 0.717) is 6.42 Å². The Balaban J connectivity index is 2.56. The Hall–Kier alpha value is -1.31. The van der Waals surface area contributed by atoms with E-state index in [-0.39, 0.29) is 11.3 Å². The molecule has 0 spiro atoms. The number of amides is 1. The number of hydrogen-bond donors (Lipinski definition) is 1. The standard InChI is InChI=1S/C13H19NO/c1-13(2,10-6-9-12(14)15)11-7-4-3-5-8-11/h3-5,7-8H,6,9-10H2,1-2H3,(H2,14,15). The summed E-state index contributed by atoms with van der Waals surface area (Å²) in [4.78, 5) is 10.6. The Morgan fingerprint density at radius 1 is 1.27 bits per heavy atom. The molecule has 0 saturated heterocycles. The van der Waals surface area contributed by atoms with Crippen molar-refractivity contribution in [2.75, 3.05) is 0 Å². The molecule has 2 N–H and O–H groups in total. The summed E-state index contributed by atoms with van der Waals surface area (Å²) in [6.07, 6.45) is 2.33. The molecule has 0 unspecified atom stereocenters. The lowest BCUT2D eigenvalue weighted by Gasteiger charge is -2.25. The molecular weight excluding hydrogens is 186 g/mol. The van der Waals surface area contributed by atoms with Crippen molar-refractivity contribution in [2.45, 2.75) is 38.5 Å². The van der Waals surface area contributed by atoms with Crippen LogP contribution in [0.15, 0.2) is 30.3 Å². The second kappa shape index (κ2) is 4.96. The summed E-state index contributed by atoms with van der Waals surface area (Å²) in [6, 6.07) is 10.4. The van der Waals surface area contributed by atoms with Crippen LogP contribution in [0.3, 0.4) is 0 Å². The molecule has 2 nitrogen and oxygen atoms in total. The number of hydrogen-bond acceptors (Lipinski definition) is 1. The molecule has 0 saturated carbocycles. The summed E-state index contributed by atoms with van der Waals surface area (Å²) in [6.45, 7) is 4.40. The smallest absolute Gasteiger partial charge is 0.217 e. The van der Waals surface area contributed by atoms with Crippen LogP contribution in [-0.2, 0) is 10.2 Å². The fourth-order valence-corrected chi connectivity index (χ4v) is 1.74. The van der Waals surface area contributed by atoms with Crippen molar-refractivity contribution in [2.24, 2.45) is 5.73 Å². The van der Waals surface area contributed by atoms with Crippen LogP contribution in [0.5, 0.6) is 0 Å². The Kier molecular flexibility index (Phi) is 3.89. The summed E-state index contributed by atoms with van der Waals surface area (Å²) in [5.41, 5.74) is 6.56. The molecule has 0 bridgehead atoms. The monoisotopic (exact) mass is 205 g/mol. The van der Waals surface area contributed by atoms with Crippen LogP contribution in [-0.4, -0.2) is 5.91 Å². The van der Waals surface area contributed by atoms with Gasteiger partial charge in [-0.1, -0.05) is 44.2 Å². The van der Waals surface area contributed by atoms with Gasteiger partial charge in [-0.05, 0) is 23.8 Å². The Morgan fingerprint density at radius 2 is 1.87 bits per heavy atom. The number of nitrogens with two attached hydrogens (primary N) is 1. The Labute approximate surface area is 91.5 Å². The molecule has 1 aromatic carbocycles. The third-order valence-electron chi connectivity index (χ3n) is 2.78. The first-order valence-electron chi connectivity index (χ1n) is 5.36. The third kappa shape index (κ3) is 3.74. The summed E-state index contributed by atoms with van der Waals surface area (Å²) in [7, 11) is 0. The molecule has 0 aromatic heterocycles. The van der Waals surface area contributed by atoms with E-state index in [9.17, 15) is 4.79 Å². The maximum atomic E-state index is 10.6. The summed E-state index contributed by atoms with van der Waals surface area (Å²) < 4.78 is 0. The molecule has 1 amide bonds. The normalized spacial score (nSPS) is 11.3. The Morgan fingerprint density at radius 3 is 2.40 bits per heavy atom. The lowest BCUT2D eigenvalue weighted by atomic mass is 9.80. The second-order valence-corrected chi connectivity index (χ2v) is 4.57. The Bertz CT molecular complexity index is 317. The molecule has 0 aliphatic heterocycles. The van der Waals surface area contributed by atoms with E-state index in [4.69, 9.17) is 5.73 Å². The maximum Gasteiger partial charge on any atom is 0.217 e. The highest BCUT2D eigenvalue weighted by Gasteiger charge is 2.19. The van der Waals surface area contributed by atoms with Gasteiger partial charge in [-0.25, -0.2) is 0 Å². The number of carbonyl (C=O) groups excluding carboxylic acids is 1. The van der Waals surface area contributed by atoms with Gasteiger partial charge in [-0.3, -0.25) is 4.79 Å². The van der Waals surface area contributed by atoms with Crippen molar-refractivity contribution in [3.8, 4) is 0 Å². The number of rotatable bonds is 5. The molecule has 0 fully saturated rings. The lowest BCUT2D eigenvalue weighted by molar-refractivity contribution is -0.118. The van der Waals surface area contributed by atoms with Crippen molar-refractivity contribution in [3.63, 3.8) is 0 Å². The fraction of sp³-hybridized carbons (Fsp3) is 0.462. The van der Waals surface area contributed by atoms with Gasteiger partial charge in [0.05, 0.1) is 0 Å². The molecule has 1 aromatic rings. The average molecular weight is 205 g/mol. The van der Waals surface area contributed by atoms with Gasteiger partial charge in [0.25, 0.3) is 0 Å². The minimum Gasteiger partial charge on any atom is -0.370 e. The van der Waals surface area contributed by atoms with E-state index in [2.05, 4.69) is 26.0 Å². The van der Waals surface area contributed by atoms with Gasteiger partial charge in [0.2, 0.25) is 5.91 Å². The average Bonchev–Trinajstić information content (AvgIpc) is 2.18. The van der Waals surface area contributed by atoms with Gasteiger partial charge in [0.1, 0.15) is 0 Å². The quantitative estimate of drug-likeness (QED) is 0.789. The third-order valence-corrected chi connectivity index (χ3v) is 2.78. The molecule has 0 aliphatic rings. The van der Waals surface area contributed by atoms with Crippen molar-refractivity contribution in [1.82, 2.24) is 0 Å². The molecule has 15 heavy (non-hydrogen) atoms. The van der Waals surface area contributed by atoms with Gasteiger partial charge >= 0.3 is 0 Å². The molecule has 82 valence electrons. The molecule has 0 radical (unpaired) electrons. The first-order chi connectivity index (χ1) is 7.02. The highest BCUT2D eigenvalue weighted by atomic mass is 16.1. The number of benzene rings is 1. The predicted octanol–water partition coefficient (Wildman–Crippen LogP) is 2.62. The SMILES string of the molecule is CC(C)(CCCC(N)=O)c1ccccc1. The van der Waals surface area contributed by atoms with Gasteiger partial charge in [0.15, 0.2) is 0 Å². The van der Waals surface area contributed by atoms with Crippen molar-refractivity contribution in [3.05, 3.63) is 35.9 Å². The largest absolute Gasteiger partial charge is 0.370 e. The van der Waals surface area contributed by atoms with Gasteiger partial charge in [0, 0.05) is 6.42 Å². The van der Waals surface area contributed by atoms with E-state index in [1.807, 2.05) is 18.2 Å². The van der Waals surface area contributed by atoms with Crippen LogP contribution in [0.2, 0.25) is 0 Å². The molecule has 2 heteroatoms. The predicted molar refractivity (Wildman–Crippen MR) is 62.5 cm³/mol. The van der Waals surface area contributed by atoms with Crippen LogP contribution >= 0.6 is 0 Å². The molecule has 0 aliphatic carbocycles. The van der Waals surface area contributed by atoms with Gasteiger partial charge in [-0.2, -0.15) is 0 Å². The zero-order valence-corrected chi connectivity index (χ0v) is 9.49. The lowest BCUT2D eigenvalue weighted by Crippen LogP contribution is -2.18. The van der Waals surface area contributed by atoms with Crippen molar-refractivity contribution < 1.29 is 4.79 Å². The summed E-state index contributed by atoms with van der Waals surface area (Å²) in [5.74, 6) is -0.209. The zero-order valence-electron chi connectivity index (χ0n) is 9.49. The number of carbonyl (C=O) groups is 1. The minimum absolute atomic E-state index is 0.122. The fourth-order valence-electron chi connectivity index (χ4n) is 1.74. The summed E-state index contributed by atoms with van der Waals surface area (Å²) in [5, 5.41) is 0. The van der Waals surface area contributed by atoms with E-state index >= 15 is 0 Å². The molecule has 0 atom stereocenters. The molecule has 0 heterocycles. The maximum absolute atomic E-state index is 10.6. The van der Waals surface area contributed by atoms with Crippen LogP contribution in [0.4, 0.5) is 0 Å². The minimum atomic E-state index is -0.209. The van der Waals surface area contributed by atoms with Gasteiger partial charge in [-0.15, -0.1) is 0 Å². The first-order valence-corrected chi connectivity index (χ1v) is 5.36. The van der Waals surface area contributed by atoms with Crippen LogP contribution in [0.25, 0.3) is 0 Å². The van der Waals surface area contributed by atoms with E-state index < -0.39 is 0 Å². The van der Waals surface area contributed by atoms with E-state index in [1.54, 1.807) is 0 Å². The highest BCUT2D eigenvalue weighted by Crippen LogP contribution is 2.28. The zero-order chi connectivity index (χ0) is 11.3. The van der Waals surface area contributed by atoms with Crippen molar-refractivity contribution in [1.29, 1.82) is 0 Å². The first kappa shape index (κ1) is 11.8. The topological polar surface area (TPSA) is 43.1 Å². The van der Waals surface area contributed by atoms with E-state index in [1.165, 1.54) is 5.56 Å². The second-order valence-electron chi connectivity index (χ2n) is 4.57. The number of primary amides is 1. The highest BCUT2D eigenvalue weighted by molar-refractivity contribution is 5.73. The van der Waals surface area contributed by atoms with Crippen molar-refractivity contribution >= 4 is 5.91 Å². The van der Waals surface area contributed by atoms with Crippen LogP contribution < -0.4 is 5.73 Å². The van der Waals surface area contributed by atoms with E-state index in [0.717, 1.165) is 12.8 Å². The summed E-state index contributed by atoms with van der Waals surface area (Å²) >= 11 is 0. The van der Waals surface area contributed by atoms with Crippen LogP contribution in [0.1, 0.15) is 38.7 Å². The molecule has 1 rings (SSSR count). The molecular formula is C13H19NO. The van der Waals surface area contributed by atoms with Crippen LogP contribution in [0, 0.1) is 0 Å².